The summed E-state index contributed by atoms with van der Waals surface area (Å²) in [5.74, 6) is 0.185. The van der Waals surface area contributed by atoms with Gasteiger partial charge in [-0.05, 0) is 24.3 Å². The Morgan fingerprint density at radius 3 is 2.67 bits per heavy atom. The molecule has 0 spiro atoms. The van der Waals surface area contributed by atoms with Crippen LogP contribution in [0, 0.1) is 0 Å². The van der Waals surface area contributed by atoms with Gasteiger partial charge >= 0.3 is 6.36 Å². The van der Waals surface area contributed by atoms with Crippen molar-refractivity contribution in [1.29, 1.82) is 0 Å². The molecular weight excluding hydrogens is 405 g/mol. The standard InChI is InChI=1S/C18H15F3N6O3/c19-18(20,21)29-13-3-1-12(2-4-13)24-15(28)10-27-8-11(9-27)17-25-16(26-30-17)14-7-22-5-6-23-14/h1-7,11H,8-10H2,(H,24,28). The Morgan fingerprint density at radius 2 is 2.00 bits per heavy atom. The lowest BCUT2D eigenvalue weighted by Crippen LogP contribution is -2.48. The molecular formula is C18H15F3N6O3. The lowest BCUT2D eigenvalue weighted by molar-refractivity contribution is -0.274. The first-order valence-corrected chi connectivity index (χ1v) is 8.84. The van der Waals surface area contributed by atoms with Crippen LogP contribution in [0.2, 0.25) is 0 Å². The van der Waals surface area contributed by atoms with Gasteiger partial charge in [0.2, 0.25) is 17.6 Å². The van der Waals surface area contributed by atoms with Crippen molar-refractivity contribution in [3.05, 3.63) is 48.7 Å². The topological polar surface area (TPSA) is 106 Å². The highest BCUT2D eigenvalue weighted by molar-refractivity contribution is 5.92. The number of halogens is 3. The van der Waals surface area contributed by atoms with Crippen LogP contribution >= 0.6 is 0 Å². The average molecular weight is 420 g/mol. The molecule has 9 nitrogen and oxygen atoms in total. The molecule has 1 N–H and O–H groups in total. The zero-order valence-corrected chi connectivity index (χ0v) is 15.3. The molecule has 4 rings (SSSR count). The van der Waals surface area contributed by atoms with E-state index in [2.05, 4.69) is 30.2 Å². The van der Waals surface area contributed by atoms with Crippen LogP contribution in [0.5, 0.6) is 5.75 Å². The van der Waals surface area contributed by atoms with Gasteiger partial charge in [0.05, 0.1) is 18.7 Å². The van der Waals surface area contributed by atoms with Gasteiger partial charge in [0, 0.05) is 31.2 Å². The molecule has 0 aliphatic carbocycles. The minimum atomic E-state index is -4.76. The molecule has 0 radical (unpaired) electrons. The molecule has 1 aliphatic heterocycles. The first-order chi connectivity index (χ1) is 14.4. The van der Waals surface area contributed by atoms with Crippen molar-refractivity contribution in [2.75, 3.05) is 25.0 Å². The largest absolute Gasteiger partial charge is 0.573 e. The number of benzene rings is 1. The number of nitrogens with zero attached hydrogens (tertiary/aromatic N) is 5. The average Bonchev–Trinajstić information content (AvgIpc) is 3.15. The molecule has 0 unspecified atom stereocenters. The Bertz CT molecular complexity index is 1000. The maximum Gasteiger partial charge on any atom is 0.573 e. The molecule has 1 aromatic carbocycles. The molecule has 1 fully saturated rings. The maximum atomic E-state index is 12.2. The molecule has 2 aromatic heterocycles. The zero-order valence-electron chi connectivity index (χ0n) is 15.3. The number of amides is 1. The van der Waals surface area contributed by atoms with E-state index in [1.165, 1.54) is 24.5 Å². The second-order valence-electron chi connectivity index (χ2n) is 6.56. The second-order valence-corrected chi connectivity index (χ2v) is 6.56. The van der Waals surface area contributed by atoms with E-state index in [4.69, 9.17) is 4.52 Å². The minimum Gasteiger partial charge on any atom is -0.406 e. The molecule has 0 saturated carbocycles. The van der Waals surface area contributed by atoms with Gasteiger partial charge in [-0.15, -0.1) is 13.2 Å². The van der Waals surface area contributed by atoms with Crippen LogP contribution in [-0.4, -0.2) is 56.9 Å². The molecule has 30 heavy (non-hydrogen) atoms. The molecule has 3 heterocycles. The fourth-order valence-corrected chi connectivity index (χ4v) is 2.92. The fourth-order valence-electron chi connectivity index (χ4n) is 2.92. The van der Waals surface area contributed by atoms with E-state index in [0.717, 1.165) is 12.1 Å². The van der Waals surface area contributed by atoms with Crippen LogP contribution in [0.1, 0.15) is 11.8 Å². The highest BCUT2D eigenvalue weighted by Crippen LogP contribution is 2.27. The summed E-state index contributed by atoms with van der Waals surface area (Å²) in [6, 6.07) is 4.94. The van der Waals surface area contributed by atoms with E-state index < -0.39 is 6.36 Å². The third-order valence-electron chi connectivity index (χ3n) is 4.28. The molecule has 1 saturated heterocycles. The number of carbonyl (C=O) groups excluding carboxylic acids is 1. The number of hydrogen-bond donors (Lipinski definition) is 1. The lowest BCUT2D eigenvalue weighted by atomic mass is 10.0. The Hall–Kier alpha value is -3.54. The molecule has 156 valence electrons. The van der Waals surface area contributed by atoms with Gasteiger partial charge in [0.1, 0.15) is 11.4 Å². The predicted octanol–water partition coefficient (Wildman–Crippen LogP) is 2.46. The number of ether oxygens (including phenoxy) is 1. The monoisotopic (exact) mass is 420 g/mol. The van der Waals surface area contributed by atoms with Crippen molar-refractivity contribution in [3.8, 4) is 17.3 Å². The Labute approximate surface area is 167 Å². The van der Waals surface area contributed by atoms with Crippen LogP contribution in [0.4, 0.5) is 18.9 Å². The Kier molecular flexibility index (Phi) is 5.31. The summed E-state index contributed by atoms with van der Waals surface area (Å²) < 4.78 is 45.6. The first-order valence-electron chi connectivity index (χ1n) is 8.84. The molecule has 1 amide bonds. The van der Waals surface area contributed by atoms with Crippen LogP contribution in [-0.2, 0) is 4.79 Å². The van der Waals surface area contributed by atoms with Crippen molar-refractivity contribution < 1.29 is 27.2 Å². The highest BCUT2D eigenvalue weighted by Gasteiger charge is 2.34. The zero-order chi connectivity index (χ0) is 21.1. The van der Waals surface area contributed by atoms with Crippen LogP contribution < -0.4 is 10.1 Å². The summed E-state index contributed by atoms with van der Waals surface area (Å²) >= 11 is 0. The summed E-state index contributed by atoms with van der Waals surface area (Å²) in [4.78, 5) is 26.4. The van der Waals surface area contributed by atoms with E-state index in [9.17, 15) is 18.0 Å². The second kappa shape index (κ2) is 8.06. The summed E-state index contributed by atoms with van der Waals surface area (Å²) in [6.45, 7) is 1.25. The minimum absolute atomic E-state index is 0.00882. The Balaban J connectivity index is 1.24. The number of anilines is 1. The van der Waals surface area contributed by atoms with Gasteiger partial charge in [0.25, 0.3) is 0 Å². The predicted molar refractivity (Wildman–Crippen MR) is 96.3 cm³/mol. The summed E-state index contributed by atoms with van der Waals surface area (Å²) in [7, 11) is 0. The van der Waals surface area contributed by atoms with Crippen molar-refractivity contribution in [2.45, 2.75) is 12.3 Å². The van der Waals surface area contributed by atoms with Gasteiger partial charge in [-0.3, -0.25) is 14.7 Å². The summed E-state index contributed by atoms with van der Waals surface area (Å²) in [5, 5.41) is 6.52. The number of likely N-dealkylation sites (tertiary alicyclic amines) is 1. The van der Waals surface area contributed by atoms with Crippen molar-refractivity contribution in [2.24, 2.45) is 0 Å². The number of alkyl halides is 3. The van der Waals surface area contributed by atoms with E-state index >= 15 is 0 Å². The quantitative estimate of drug-likeness (QED) is 0.648. The molecule has 1 aliphatic rings. The number of aromatic nitrogens is 4. The van der Waals surface area contributed by atoms with Gasteiger partial charge in [-0.2, -0.15) is 4.98 Å². The molecule has 0 atom stereocenters. The lowest BCUT2D eigenvalue weighted by Gasteiger charge is -2.36. The maximum absolute atomic E-state index is 12.2. The highest BCUT2D eigenvalue weighted by atomic mass is 19.4. The van der Waals surface area contributed by atoms with E-state index in [1.54, 1.807) is 6.20 Å². The molecule has 0 bridgehead atoms. The number of rotatable bonds is 6. The van der Waals surface area contributed by atoms with Gasteiger partial charge < -0.3 is 14.6 Å². The number of carbonyl (C=O) groups is 1. The normalized spacial score (nSPS) is 14.9. The first kappa shape index (κ1) is 19.8. The third-order valence-corrected chi connectivity index (χ3v) is 4.28. The van der Waals surface area contributed by atoms with E-state index in [0.29, 0.717) is 36.2 Å². The summed E-state index contributed by atoms with van der Waals surface area (Å²) in [6.07, 6.45) is -0.143. The van der Waals surface area contributed by atoms with E-state index in [1.807, 2.05) is 4.90 Å². The molecule has 12 heteroatoms. The third kappa shape index (κ3) is 4.89. The fraction of sp³-hybridized carbons (Fsp3) is 0.278. The Morgan fingerprint density at radius 1 is 1.23 bits per heavy atom. The van der Waals surface area contributed by atoms with Gasteiger partial charge in [0.15, 0.2) is 0 Å². The van der Waals surface area contributed by atoms with Crippen molar-refractivity contribution >= 4 is 11.6 Å². The van der Waals surface area contributed by atoms with E-state index in [-0.39, 0.29) is 24.1 Å². The SMILES string of the molecule is O=C(CN1CC(c2nc(-c3cnccn3)no2)C1)Nc1ccc(OC(F)(F)F)cc1. The van der Waals surface area contributed by atoms with Gasteiger partial charge in [-0.1, -0.05) is 5.16 Å². The van der Waals surface area contributed by atoms with Crippen LogP contribution in [0.25, 0.3) is 11.5 Å². The summed E-state index contributed by atoms with van der Waals surface area (Å²) in [5.41, 5.74) is 0.881. The molecule has 3 aromatic rings. The number of nitrogens with one attached hydrogen (secondary N) is 1. The van der Waals surface area contributed by atoms with Crippen LogP contribution in [0.3, 0.4) is 0 Å². The number of hydrogen-bond acceptors (Lipinski definition) is 8. The van der Waals surface area contributed by atoms with Crippen molar-refractivity contribution in [1.82, 2.24) is 25.0 Å². The van der Waals surface area contributed by atoms with Crippen molar-refractivity contribution in [3.63, 3.8) is 0 Å². The smallest absolute Gasteiger partial charge is 0.406 e. The van der Waals surface area contributed by atoms with Gasteiger partial charge in [-0.25, -0.2) is 4.98 Å². The van der Waals surface area contributed by atoms with Crippen LogP contribution in [0.15, 0.2) is 47.4 Å².